The number of rotatable bonds is 1. The second-order valence-corrected chi connectivity index (χ2v) is 7.95. The van der Waals surface area contributed by atoms with Crippen LogP contribution in [0.1, 0.15) is 47.3 Å². The van der Waals surface area contributed by atoms with Gasteiger partial charge in [-0.05, 0) is 62.3 Å². The summed E-state index contributed by atoms with van der Waals surface area (Å²) in [4.78, 5) is 22.8. The first-order valence-electron chi connectivity index (χ1n) is 9.64. The summed E-state index contributed by atoms with van der Waals surface area (Å²) < 4.78 is 0. The van der Waals surface area contributed by atoms with Crippen LogP contribution in [0, 0.1) is 0 Å². The molecule has 3 heterocycles. The van der Waals surface area contributed by atoms with Gasteiger partial charge in [0.2, 0.25) is 0 Å². The number of amides is 1. The van der Waals surface area contributed by atoms with E-state index in [0.717, 1.165) is 56.4 Å². The van der Waals surface area contributed by atoms with Gasteiger partial charge in [0.15, 0.2) is 5.96 Å². The standard InChI is InChI=1S/C20H25N5O/c21-19-22-12-20(24-19)7-9-25(10-8-20)18(26)13-5-6-17-15(11-13)14-3-1-2-4-16(14)23-17/h5-6,11,23H,1-4,7-10,12H2,(H3,21,22,24). The third-order valence-electron chi connectivity index (χ3n) is 6.30. The molecule has 1 fully saturated rings. The number of hydrogen-bond donors (Lipinski definition) is 3. The summed E-state index contributed by atoms with van der Waals surface area (Å²) in [6, 6.07) is 6.13. The van der Waals surface area contributed by atoms with E-state index in [0.29, 0.717) is 5.96 Å². The maximum absolute atomic E-state index is 13.0. The molecule has 0 radical (unpaired) electrons. The molecule has 5 rings (SSSR count). The summed E-state index contributed by atoms with van der Waals surface area (Å²) in [5.41, 5.74) is 10.5. The molecule has 1 aromatic carbocycles. The summed E-state index contributed by atoms with van der Waals surface area (Å²) in [7, 11) is 0. The Kier molecular flexibility index (Phi) is 3.48. The van der Waals surface area contributed by atoms with Gasteiger partial charge in [-0.2, -0.15) is 0 Å². The number of nitrogens with one attached hydrogen (secondary N) is 2. The van der Waals surface area contributed by atoms with Gasteiger partial charge in [0, 0.05) is 35.2 Å². The maximum Gasteiger partial charge on any atom is 0.253 e. The molecular formula is C20H25N5O. The average molecular weight is 351 g/mol. The summed E-state index contributed by atoms with van der Waals surface area (Å²) in [5, 5.41) is 4.54. The Balaban J connectivity index is 1.36. The predicted molar refractivity (Wildman–Crippen MR) is 102 cm³/mol. The quantitative estimate of drug-likeness (QED) is 0.734. The van der Waals surface area contributed by atoms with E-state index in [1.54, 1.807) is 0 Å². The number of carbonyl (C=O) groups excluding carboxylic acids is 1. The highest BCUT2D eigenvalue weighted by Crippen LogP contribution is 2.31. The molecule has 0 atom stereocenters. The van der Waals surface area contributed by atoms with E-state index in [1.807, 2.05) is 11.0 Å². The van der Waals surface area contributed by atoms with E-state index < -0.39 is 0 Å². The number of benzene rings is 1. The molecule has 26 heavy (non-hydrogen) atoms. The van der Waals surface area contributed by atoms with Crippen molar-refractivity contribution in [3.8, 4) is 0 Å². The van der Waals surface area contributed by atoms with Gasteiger partial charge in [0.1, 0.15) is 0 Å². The number of carbonyl (C=O) groups is 1. The Bertz CT molecular complexity index is 904. The average Bonchev–Trinajstić information content (AvgIpc) is 3.22. The summed E-state index contributed by atoms with van der Waals surface area (Å²) in [6.07, 6.45) is 6.52. The molecule has 6 heteroatoms. The normalized spacial score (nSPS) is 21.5. The molecule has 1 spiro atoms. The lowest BCUT2D eigenvalue weighted by molar-refractivity contribution is 0.0669. The van der Waals surface area contributed by atoms with Crippen molar-refractivity contribution in [1.82, 2.24) is 15.2 Å². The zero-order chi connectivity index (χ0) is 17.7. The number of aromatic amines is 1. The van der Waals surface area contributed by atoms with Crippen molar-refractivity contribution >= 4 is 22.8 Å². The van der Waals surface area contributed by atoms with Crippen molar-refractivity contribution in [2.45, 2.75) is 44.1 Å². The fourth-order valence-corrected chi connectivity index (χ4v) is 4.73. The maximum atomic E-state index is 13.0. The Morgan fingerprint density at radius 2 is 2.00 bits per heavy atom. The van der Waals surface area contributed by atoms with Gasteiger partial charge in [-0.15, -0.1) is 0 Å². The van der Waals surface area contributed by atoms with Gasteiger partial charge < -0.3 is 20.9 Å². The lowest BCUT2D eigenvalue weighted by Crippen LogP contribution is -2.55. The van der Waals surface area contributed by atoms with E-state index in [2.05, 4.69) is 27.4 Å². The van der Waals surface area contributed by atoms with Crippen molar-refractivity contribution in [3.63, 3.8) is 0 Å². The first-order valence-corrected chi connectivity index (χ1v) is 9.64. The number of nitrogens with two attached hydrogens (primary N) is 1. The number of aliphatic imine (C=N–C) groups is 1. The van der Waals surface area contributed by atoms with Crippen LogP contribution in [0.4, 0.5) is 0 Å². The monoisotopic (exact) mass is 351 g/mol. The molecule has 2 aliphatic heterocycles. The lowest BCUT2D eigenvalue weighted by atomic mass is 9.88. The lowest BCUT2D eigenvalue weighted by Gasteiger charge is -2.39. The number of aromatic nitrogens is 1. The smallest absolute Gasteiger partial charge is 0.253 e. The first-order chi connectivity index (χ1) is 12.6. The Labute approximate surface area is 152 Å². The highest BCUT2D eigenvalue weighted by molar-refractivity contribution is 5.99. The second kappa shape index (κ2) is 5.76. The van der Waals surface area contributed by atoms with Crippen molar-refractivity contribution in [3.05, 3.63) is 35.0 Å². The van der Waals surface area contributed by atoms with Crippen LogP contribution in [0.25, 0.3) is 10.9 Å². The van der Waals surface area contributed by atoms with E-state index in [9.17, 15) is 4.79 Å². The molecule has 1 amide bonds. The van der Waals surface area contributed by atoms with Crippen molar-refractivity contribution in [2.24, 2.45) is 10.7 Å². The minimum absolute atomic E-state index is 0.0372. The molecule has 4 N–H and O–H groups in total. The Hall–Kier alpha value is -2.50. The van der Waals surface area contributed by atoms with Crippen molar-refractivity contribution in [1.29, 1.82) is 0 Å². The van der Waals surface area contributed by atoms with Crippen molar-refractivity contribution in [2.75, 3.05) is 19.6 Å². The number of nitrogens with zero attached hydrogens (tertiary/aromatic N) is 2. The van der Waals surface area contributed by atoms with Crippen LogP contribution in [-0.4, -0.2) is 46.9 Å². The highest BCUT2D eigenvalue weighted by Gasteiger charge is 2.39. The van der Waals surface area contributed by atoms with Gasteiger partial charge in [-0.1, -0.05) is 0 Å². The molecule has 0 unspecified atom stereocenters. The predicted octanol–water partition coefficient (Wildman–Crippen LogP) is 1.94. The van der Waals surface area contributed by atoms with E-state index in [1.165, 1.54) is 29.5 Å². The van der Waals surface area contributed by atoms with Crippen LogP contribution in [0.2, 0.25) is 0 Å². The minimum Gasteiger partial charge on any atom is -0.370 e. The Morgan fingerprint density at radius 1 is 1.19 bits per heavy atom. The van der Waals surface area contributed by atoms with Crippen LogP contribution < -0.4 is 11.1 Å². The Morgan fingerprint density at radius 3 is 2.77 bits per heavy atom. The SMILES string of the molecule is NC1=NCC2(CCN(C(=O)c3ccc4[nH]c5c(c4c3)CCCC5)CC2)N1. The molecular weight excluding hydrogens is 326 g/mol. The van der Waals surface area contributed by atoms with E-state index in [4.69, 9.17) is 5.73 Å². The molecule has 136 valence electrons. The third kappa shape index (κ3) is 2.47. The van der Waals surface area contributed by atoms with E-state index in [-0.39, 0.29) is 11.4 Å². The van der Waals surface area contributed by atoms with Gasteiger partial charge in [0.05, 0.1) is 12.1 Å². The zero-order valence-corrected chi connectivity index (χ0v) is 15.0. The summed E-state index contributed by atoms with van der Waals surface area (Å²) in [5.74, 6) is 0.673. The number of H-pyrrole nitrogens is 1. The number of hydrogen-bond acceptors (Lipinski definition) is 4. The molecule has 3 aliphatic rings. The zero-order valence-electron chi connectivity index (χ0n) is 15.0. The topological polar surface area (TPSA) is 86.5 Å². The van der Waals surface area contributed by atoms with Crippen LogP contribution in [0.5, 0.6) is 0 Å². The minimum atomic E-state index is -0.0372. The fraction of sp³-hybridized carbons (Fsp3) is 0.500. The highest BCUT2D eigenvalue weighted by atomic mass is 16.2. The van der Waals surface area contributed by atoms with Crippen LogP contribution in [0.3, 0.4) is 0 Å². The summed E-state index contributed by atoms with van der Waals surface area (Å²) >= 11 is 0. The van der Waals surface area contributed by atoms with Gasteiger partial charge in [-0.25, -0.2) is 0 Å². The molecule has 0 saturated carbocycles. The van der Waals surface area contributed by atoms with Crippen LogP contribution >= 0.6 is 0 Å². The third-order valence-corrected chi connectivity index (χ3v) is 6.30. The molecule has 1 aliphatic carbocycles. The van der Waals surface area contributed by atoms with Crippen LogP contribution in [0.15, 0.2) is 23.2 Å². The second-order valence-electron chi connectivity index (χ2n) is 7.95. The molecule has 2 aromatic rings. The number of aryl methyl sites for hydroxylation is 2. The van der Waals surface area contributed by atoms with Crippen molar-refractivity contribution < 1.29 is 4.79 Å². The van der Waals surface area contributed by atoms with Gasteiger partial charge >= 0.3 is 0 Å². The summed E-state index contributed by atoms with van der Waals surface area (Å²) in [6.45, 7) is 2.22. The molecule has 0 bridgehead atoms. The fourth-order valence-electron chi connectivity index (χ4n) is 4.73. The molecule has 6 nitrogen and oxygen atoms in total. The van der Waals surface area contributed by atoms with E-state index >= 15 is 0 Å². The molecule has 1 aromatic heterocycles. The largest absolute Gasteiger partial charge is 0.370 e. The van der Waals surface area contributed by atoms with Crippen LogP contribution in [-0.2, 0) is 12.8 Å². The number of guanidine groups is 1. The molecule has 1 saturated heterocycles. The van der Waals surface area contributed by atoms with Gasteiger partial charge in [-0.3, -0.25) is 9.79 Å². The number of likely N-dealkylation sites (tertiary alicyclic amines) is 1. The number of piperidine rings is 1. The first kappa shape index (κ1) is 15.7. The number of fused-ring (bicyclic) bond motifs is 3. The van der Waals surface area contributed by atoms with Gasteiger partial charge in [0.25, 0.3) is 5.91 Å².